The van der Waals surface area contributed by atoms with Crippen molar-refractivity contribution in [2.24, 2.45) is 5.41 Å². The number of benzene rings is 2. The Balaban J connectivity index is 1.47. The zero-order valence-corrected chi connectivity index (χ0v) is 19.7. The Morgan fingerprint density at radius 1 is 0.848 bits per heavy atom. The topological polar surface area (TPSA) is 99.3 Å². The summed E-state index contributed by atoms with van der Waals surface area (Å²) in [6.07, 6.45) is 5.66. The van der Waals surface area contributed by atoms with E-state index in [2.05, 4.69) is 21.3 Å². The average molecular weight is 451 g/mol. The minimum atomic E-state index is -0.491. The van der Waals surface area contributed by atoms with Crippen molar-refractivity contribution < 1.29 is 14.4 Å². The van der Waals surface area contributed by atoms with E-state index in [1.807, 2.05) is 32.9 Å². The second-order valence-corrected chi connectivity index (χ2v) is 9.57. The molecule has 4 N–H and O–H groups in total. The van der Waals surface area contributed by atoms with Gasteiger partial charge in [0, 0.05) is 34.1 Å². The first-order valence-electron chi connectivity index (χ1n) is 11.6. The molecule has 0 heterocycles. The monoisotopic (exact) mass is 450 g/mol. The summed E-state index contributed by atoms with van der Waals surface area (Å²) in [6.45, 7) is 5.63. The largest absolute Gasteiger partial charge is 0.376 e. The van der Waals surface area contributed by atoms with Crippen molar-refractivity contribution in [2.45, 2.75) is 58.9 Å². The van der Waals surface area contributed by atoms with Crippen LogP contribution in [0.15, 0.2) is 48.5 Å². The van der Waals surface area contributed by atoms with Gasteiger partial charge < -0.3 is 21.3 Å². The summed E-state index contributed by atoms with van der Waals surface area (Å²) in [4.78, 5) is 36.9. The number of nitrogens with one attached hydrogen (secondary N) is 4. The maximum absolute atomic E-state index is 12.4. The lowest BCUT2D eigenvalue weighted by molar-refractivity contribution is -0.123. The molecule has 7 nitrogen and oxygen atoms in total. The van der Waals surface area contributed by atoms with Gasteiger partial charge in [0.25, 0.3) is 5.91 Å². The summed E-state index contributed by atoms with van der Waals surface area (Å²) in [5.74, 6) is -0.355. The van der Waals surface area contributed by atoms with Crippen LogP contribution in [0.4, 0.5) is 17.1 Å². The molecule has 0 bridgehead atoms. The van der Waals surface area contributed by atoms with Gasteiger partial charge in [-0.15, -0.1) is 0 Å². The first-order chi connectivity index (χ1) is 15.7. The van der Waals surface area contributed by atoms with Crippen molar-refractivity contribution in [1.29, 1.82) is 0 Å². The average Bonchev–Trinajstić information content (AvgIpc) is 2.78. The lowest BCUT2D eigenvalue weighted by atomic mass is 9.95. The van der Waals surface area contributed by atoms with Gasteiger partial charge in [-0.3, -0.25) is 14.4 Å². The van der Waals surface area contributed by atoms with Crippen LogP contribution in [0.25, 0.3) is 0 Å². The number of rotatable bonds is 7. The molecule has 1 fully saturated rings. The first-order valence-corrected chi connectivity index (χ1v) is 11.6. The molecule has 2 aromatic carbocycles. The van der Waals surface area contributed by atoms with Crippen LogP contribution in [0.2, 0.25) is 0 Å². The third-order valence-corrected chi connectivity index (χ3v) is 5.63. The fourth-order valence-corrected chi connectivity index (χ4v) is 3.63. The zero-order valence-electron chi connectivity index (χ0n) is 19.7. The van der Waals surface area contributed by atoms with Crippen molar-refractivity contribution >= 4 is 34.8 Å². The zero-order chi connectivity index (χ0) is 23.8. The van der Waals surface area contributed by atoms with Crippen LogP contribution in [0.3, 0.4) is 0 Å². The first kappa shape index (κ1) is 24.3. The van der Waals surface area contributed by atoms with Crippen LogP contribution in [0.5, 0.6) is 0 Å². The summed E-state index contributed by atoms with van der Waals surface area (Å²) in [6, 6.07) is 14.4. The van der Waals surface area contributed by atoms with Crippen molar-refractivity contribution in [3.63, 3.8) is 0 Å². The summed E-state index contributed by atoms with van der Waals surface area (Å²) >= 11 is 0. The number of carbonyl (C=O) groups is 3. The molecule has 1 aliphatic carbocycles. The lowest BCUT2D eigenvalue weighted by Crippen LogP contribution is -2.36. The Kier molecular flexibility index (Phi) is 8.09. The molecule has 0 radical (unpaired) electrons. The van der Waals surface area contributed by atoms with Crippen LogP contribution in [0.1, 0.15) is 63.2 Å². The number of carbonyl (C=O) groups excluding carboxylic acids is 3. The van der Waals surface area contributed by atoms with Crippen LogP contribution in [0, 0.1) is 5.41 Å². The van der Waals surface area contributed by atoms with Gasteiger partial charge in [-0.2, -0.15) is 0 Å². The van der Waals surface area contributed by atoms with Gasteiger partial charge in [-0.1, -0.05) is 46.1 Å². The van der Waals surface area contributed by atoms with Crippen LogP contribution in [-0.2, 0) is 9.59 Å². The van der Waals surface area contributed by atoms with Gasteiger partial charge in [0.1, 0.15) is 0 Å². The molecule has 2 aromatic rings. The van der Waals surface area contributed by atoms with Crippen molar-refractivity contribution in [3.8, 4) is 0 Å². The molecule has 0 saturated heterocycles. The van der Waals surface area contributed by atoms with E-state index in [0.29, 0.717) is 16.9 Å². The smallest absolute Gasteiger partial charge is 0.251 e. The molecule has 0 spiro atoms. The molecule has 176 valence electrons. The third kappa shape index (κ3) is 7.63. The molecular weight excluding hydrogens is 416 g/mol. The van der Waals surface area contributed by atoms with E-state index in [1.54, 1.807) is 36.4 Å². The van der Waals surface area contributed by atoms with E-state index in [4.69, 9.17) is 0 Å². The Hall–Kier alpha value is -3.35. The molecular formula is C26H34N4O3. The highest BCUT2D eigenvalue weighted by Crippen LogP contribution is 2.20. The number of amides is 3. The van der Waals surface area contributed by atoms with E-state index >= 15 is 0 Å². The van der Waals surface area contributed by atoms with E-state index in [-0.39, 0.29) is 30.3 Å². The molecule has 0 atom stereocenters. The SMILES string of the molecule is CC(C)(C)C(=O)Nc1cccc(NCC(=O)Nc2ccc(C(=O)NC3CCCCC3)cc2)c1. The molecule has 0 unspecified atom stereocenters. The molecule has 0 aromatic heterocycles. The van der Waals surface area contributed by atoms with Gasteiger partial charge in [0.15, 0.2) is 0 Å². The number of anilines is 3. The number of hydrogen-bond donors (Lipinski definition) is 4. The molecule has 7 heteroatoms. The number of hydrogen-bond acceptors (Lipinski definition) is 4. The minimum absolute atomic E-state index is 0.0696. The second kappa shape index (κ2) is 11.0. The van der Waals surface area contributed by atoms with E-state index in [0.717, 1.165) is 18.5 Å². The maximum Gasteiger partial charge on any atom is 0.251 e. The molecule has 33 heavy (non-hydrogen) atoms. The highest BCUT2D eigenvalue weighted by Gasteiger charge is 2.21. The summed E-state index contributed by atoms with van der Waals surface area (Å²) in [7, 11) is 0. The van der Waals surface area contributed by atoms with Crippen LogP contribution < -0.4 is 21.3 Å². The molecule has 3 rings (SSSR count). The predicted molar refractivity (Wildman–Crippen MR) is 132 cm³/mol. The Morgan fingerprint density at radius 2 is 1.52 bits per heavy atom. The van der Waals surface area contributed by atoms with Crippen molar-refractivity contribution in [3.05, 3.63) is 54.1 Å². The summed E-state index contributed by atoms with van der Waals surface area (Å²) < 4.78 is 0. The standard InChI is InChI=1S/C26H34N4O3/c1-26(2,3)25(33)30-22-11-7-10-21(16-22)27-17-23(31)28-20-14-12-18(13-15-20)24(32)29-19-8-5-4-6-9-19/h7,10-16,19,27H,4-6,8-9,17H2,1-3H3,(H,28,31)(H,29,32)(H,30,33). The summed E-state index contributed by atoms with van der Waals surface area (Å²) in [5, 5.41) is 11.9. The van der Waals surface area contributed by atoms with E-state index < -0.39 is 5.41 Å². The summed E-state index contributed by atoms with van der Waals surface area (Å²) in [5.41, 5.74) is 2.12. The van der Waals surface area contributed by atoms with Gasteiger partial charge in [0.05, 0.1) is 6.54 Å². The van der Waals surface area contributed by atoms with Crippen LogP contribution >= 0.6 is 0 Å². The van der Waals surface area contributed by atoms with Gasteiger partial charge in [-0.05, 0) is 55.3 Å². The fourth-order valence-electron chi connectivity index (χ4n) is 3.63. The molecule has 1 aliphatic rings. The van der Waals surface area contributed by atoms with Gasteiger partial charge in [0.2, 0.25) is 11.8 Å². The van der Waals surface area contributed by atoms with Gasteiger partial charge in [-0.25, -0.2) is 0 Å². The second-order valence-electron chi connectivity index (χ2n) is 9.57. The molecule has 1 saturated carbocycles. The van der Waals surface area contributed by atoms with Crippen molar-refractivity contribution in [2.75, 3.05) is 22.5 Å². The molecule has 3 amide bonds. The highest BCUT2D eigenvalue weighted by molar-refractivity contribution is 5.97. The highest BCUT2D eigenvalue weighted by atomic mass is 16.2. The Morgan fingerprint density at radius 3 is 2.18 bits per heavy atom. The van der Waals surface area contributed by atoms with Crippen LogP contribution in [-0.4, -0.2) is 30.3 Å². The third-order valence-electron chi connectivity index (χ3n) is 5.63. The quantitative estimate of drug-likeness (QED) is 0.488. The van der Waals surface area contributed by atoms with Gasteiger partial charge >= 0.3 is 0 Å². The fraction of sp³-hybridized carbons (Fsp3) is 0.423. The Bertz CT molecular complexity index is 974. The molecule has 0 aliphatic heterocycles. The normalized spacial score (nSPS) is 14.3. The predicted octanol–water partition coefficient (Wildman–Crippen LogP) is 4.78. The van der Waals surface area contributed by atoms with E-state index in [1.165, 1.54) is 19.3 Å². The minimum Gasteiger partial charge on any atom is -0.376 e. The Labute approximate surface area is 195 Å². The lowest BCUT2D eigenvalue weighted by Gasteiger charge is -2.22. The van der Waals surface area contributed by atoms with Crippen molar-refractivity contribution in [1.82, 2.24) is 5.32 Å². The maximum atomic E-state index is 12.4. The van der Waals surface area contributed by atoms with E-state index in [9.17, 15) is 14.4 Å².